The third kappa shape index (κ3) is 5.69. The van der Waals surface area contributed by atoms with E-state index in [-0.39, 0.29) is 0 Å². The number of hydrogen-bond acceptors (Lipinski definition) is 3. The molecule has 0 aliphatic heterocycles. The predicted octanol–water partition coefficient (Wildman–Crippen LogP) is 14.3. The van der Waals surface area contributed by atoms with Crippen molar-refractivity contribution in [3.63, 3.8) is 0 Å². The molecule has 1 heterocycles. The van der Waals surface area contributed by atoms with Gasteiger partial charge in [0.05, 0.1) is 5.69 Å². The van der Waals surface area contributed by atoms with Crippen LogP contribution in [0.4, 0.5) is 17.1 Å². The monoisotopic (exact) mass is 690 g/mol. The maximum absolute atomic E-state index is 6.42. The zero-order chi connectivity index (χ0) is 35.8. The molecule has 0 saturated carbocycles. The molecule has 0 amide bonds. The van der Waals surface area contributed by atoms with Gasteiger partial charge >= 0.3 is 0 Å². The highest BCUT2D eigenvalue weighted by Gasteiger charge is 2.20. The lowest BCUT2D eigenvalue weighted by Gasteiger charge is -2.28. The van der Waals surface area contributed by atoms with Crippen molar-refractivity contribution < 1.29 is 4.42 Å². The molecular formula is C51H34N2O. The fourth-order valence-corrected chi connectivity index (χ4v) is 7.66. The van der Waals surface area contributed by atoms with E-state index >= 15 is 0 Å². The minimum atomic E-state index is 0.609. The van der Waals surface area contributed by atoms with E-state index in [1.54, 1.807) is 0 Å². The lowest BCUT2D eigenvalue weighted by Crippen LogP contribution is -2.10. The predicted molar refractivity (Wildman–Crippen MR) is 225 cm³/mol. The molecule has 0 unspecified atom stereocenters. The van der Waals surface area contributed by atoms with Crippen LogP contribution < -0.4 is 4.90 Å². The van der Waals surface area contributed by atoms with Crippen LogP contribution in [0.5, 0.6) is 0 Å². The number of nitrogens with zero attached hydrogens (tertiary/aromatic N) is 2. The summed E-state index contributed by atoms with van der Waals surface area (Å²) in [4.78, 5) is 7.48. The Labute approximate surface area is 314 Å². The van der Waals surface area contributed by atoms with Crippen molar-refractivity contribution in [3.8, 4) is 44.8 Å². The van der Waals surface area contributed by atoms with E-state index in [0.717, 1.165) is 61.2 Å². The Morgan fingerprint density at radius 1 is 0.370 bits per heavy atom. The van der Waals surface area contributed by atoms with Crippen LogP contribution in [0.15, 0.2) is 211 Å². The quantitative estimate of drug-likeness (QED) is 0.167. The highest BCUT2D eigenvalue weighted by molar-refractivity contribution is 6.10. The van der Waals surface area contributed by atoms with Crippen molar-refractivity contribution in [3.05, 3.63) is 206 Å². The molecule has 3 heteroatoms. The van der Waals surface area contributed by atoms with Crippen molar-refractivity contribution in [2.45, 2.75) is 0 Å². The van der Waals surface area contributed by atoms with Gasteiger partial charge in [-0.1, -0.05) is 152 Å². The fourth-order valence-electron chi connectivity index (χ4n) is 7.66. The Bertz CT molecular complexity index is 2920. The Kier molecular flexibility index (Phi) is 7.81. The maximum atomic E-state index is 6.42. The van der Waals surface area contributed by atoms with E-state index in [9.17, 15) is 0 Å². The van der Waals surface area contributed by atoms with Gasteiger partial charge in [0.1, 0.15) is 5.52 Å². The van der Waals surface area contributed by atoms with E-state index in [2.05, 4.69) is 205 Å². The minimum absolute atomic E-state index is 0.609. The van der Waals surface area contributed by atoms with Gasteiger partial charge in [0.25, 0.3) is 0 Å². The summed E-state index contributed by atoms with van der Waals surface area (Å²) in [5.41, 5.74) is 12.8. The number of benzene rings is 9. The number of fused-ring (bicyclic) bond motifs is 4. The first-order chi connectivity index (χ1) is 26.8. The minimum Gasteiger partial charge on any atom is -0.436 e. The van der Waals surface area contributed by atoms with Crippen molar-refractivity contribution in [1.82, 2.24) is 4.98 Å². The number of aromatic nitrogens is 1. The fraction of sp³-hybridized carbons (Fsp3) is 0. The third-order valence-electron chi connectivity index (χ3n) is 10.3. The summed E-state index contributed by atoms with van der Waals surface area (Å²) in [5.74, 6) is 0.609. The van der Waals surface area contributed by atoms with Crippen LogP contribution in [0.3, 0.4) is 0 Å². The zero-order valence-electron chi connectivity index (χ0n) is 29.4. The number of rotatable bonds is 7. The van der Waals surface area contributed by atoms with Crippen molar-refractivity contribution in [1.29, 1.82) is 0 Å². The zero-order valence-corrected chi connectivity index (χ0v) is 29.4. The number of anilines is 3. The van der Waals surface area contributed by atoms with Gasteiger partial charge in [-0.15, -0.1) is 0 Å². The molecule has 1 aromatic heterocycles. The Morgan fingerprint density at radius 2 is 0.926 bits per heavy atom. The van der Waals surface area contributed by atoms with Crippen LogP contribution in [0.2, 0.25) is 0 Å². The molecule has 254 valence electrons. The molecule has 9 aromatic carbocycles. The summed E-state index contributed by atoms with van der Waals surface area (Å²) in [6, 6.07) is 72.9. The number of hydrogen-bond donors (Lipinski definition) is 0. The second-order valence-corrected chi connectivity index (χ2v) is 13.6. The van der Waals surface area contributed by atoms with Gasteiger partial charge in [-0.25, -0.2) is 4.98 Å². The summed E-state index contributed by atoms with van der Waals surface area (Å²) < 4.78 is 6.42. The summed E-state index contributed by atoms with van der Waals surface area (Å²) in [5, 5.41) is 4.59. The molecule has 0 atom stereocenters. The lowest BCUT2D eigenvalue weighted by molar-refractivity contribution is 0.620. The van der Waals surface area contributed by atoms with Gasteiger partial charge in [0, 0.05) is 27.7 Å². The smallest absolute Gasteiger partial charge is 0.227 e. The average Bonchev–Trinajstić information content (AvgIpc) is 3.70. The third-order valence-corrected chi connectivity index (χ3v) is 10.3. The summed E-state index contributed by atoms with van der Waals surface area (Å²) in [6.07, 6.45) is 0. The van der Waals surface area contributed by atoms with Gasteiger partial charge in [0.15, 0.2) is 5.58 Å². The first-order valence-electron chi connectivity index (χ1n) is 18.3. The van der Waals surface area contributed by atoms with Crippen LogP contribution in [0.25, 0.3) is 77.5 Å². The van der Waals surface area contributed by atoms with E-state index in [1.807, 2.05) is 6.07 Å². The van der Waals surface area contributed by atoms with E-state index in [1.165, 1.54) is 27.5 Å². The normalized spacial score (nSPS) is 11.3. The molecule has 0 aliphatic carbocycles. The van der Waals surface area contributed by atoms with E-state index in [4.69, 9.17) is 9.40 Å². The Balaban J connectivity index is 1.13. The molecule has 10 aromatic rings. The molecular weight excluding hydrogens is 657 g/mol. The van der Waals surface area contributed by atoms with Crippen molar-refractivity contribution in [2.24, 2.45) is 0 Å². The second-order valence-electron chi connectivity index (χ2n) is 13.6. The topological polar surface area (TPSA) is 29.3 Å². The molecule has 0 fully saturated rings. The van der Waals surface area contributed by atoms with Crippen LogP contribution in [-0.4, -0.2) is 4.98 Å². The van der Waals surface area contributed by atoms with Gasteiger partial charge in [-0.05, 0) is 98.8 Å². The Hall–Kier alpha value is -7.23. The van der Waals surface area contributed by atoms with Crippen molar-refractivity contribution in [2.75, 3.05) is 4.90 Å². The van der Waals surface area contributed by atoms with Crippen LogP contribution >= 0.6 is 0 Å². The first-order valence-corrected chi connectivity index (χ1v) is 18.3. The largest absolute Gasteiger partial charge is 0.436 e. The molecule has 0 saturated heterocycles. The SMILES string of the molecule is c1ccc(-c2ccc(-c3nc4c(ccc5c(N(c6cccc(-c7ccccc7)c6)c6cccc(-c7cccc8ccccc78)c6)cccc54)o3)cc2)cc1. The number of oxazole rings is 1. The first kappa shape index (κ1) is 31.5. The molecule has 0 bridgehead atoms. The van der Waals surface area contributed by atoms with Gasteiger partial charge in [0.2, 0.25) is 5.89 Å². The van der Waals surface area contributed by atoms with Gasteiger partial charge in [-0.3, -0.25) is 0 Å². The Morgan fingerprint density at radius 3 is 1.70 bits per heavy atom. The summed E-state index contributed by atoms with van der Waals surface area (Å²) in [6.45, 7) is 0. The molecule has 10 rings (SSSR count). The molecule has 3 nitrogen and oxygen atoms in total. The van der Waals surface area contributed by atoms with Crippen molar-refractivity contribution >= 4 is 49.7 Å². The molecule has 54 heavy (non-hydrogen) atoms. The standard InChI is InChI=1S/C51H34N2O/c1-3-13-35(14-4-1)37-27-29-39(30-28-37)51-52-50-47-25-12-26-48(46(47)31-32-49(50)54-51)53(42-21-9-19-40(33-42)36-15-5-2-6-16-36)43-22-10-20-41(34-43)45-24-11-18-38-17-7-8-23-44(38)45/h1-34H. The molecule has 0 N–H and O–H groups in total. The van der Waals surface area contributed by atoms with Gasteiger partial charge in [-0.2, -0.15) is 0 Å². The maximum Gasteiger partial charge on any atom is 0.227 e. The lowest BCUT2D eigenvalue weighted by atomic mass is 9.97. The van der Waals surface area contributed by atoms with E-state index < -0.39 is 0 Å². The van der Waals surface area contributed by atoms with Crippen LogP contribution in [-0.2, 0) is 0 Å². The average molecular weight is 691 g/mol. The molecule has 0 aliphatic rings. The second kappa shape index (κ2) is 13.4. The highest BCUT2D eigenvalue weighted by Crippen LogP contribution is 2.43. The summed E-state index contributed by atoms with van der Waals surface area (Å²) >= 11 is 0. The van der Waals surface area contributed by atoms with Crippen LogP contribution in [0.1, 0.15) is 0 Å². The van der Waals surface area contributed by atoms with E-state index in [0.29, 0.717) is 5.89 Å². The van der Waals surface area contributed by atoms with Gasteiger partial charge < -0.3 is 9.32 Å². The summed E-state index contributed by atoms with van der Waals surface area (Å²) in [7, 11) is 0. The molecule has 0 spiro atoms. The van der Waals surface area contributed by atoms with Crippen LogP contribution in [0, 0.1) is 0 Å². The molecule has 0 radical (unpaired) electrons. The highest BCUT2D eigenvalue weighted by atomic mass is 16.3.